The first-order valence-electron chi connectivity index (χ1n) is 10.6. The van der Waals surface area contributed by atoms with Gasteiger partial charge in [0.15, 0.2) is 5.17 Å². The minimum Gasteiger partial charge on any atom is -0.355 e. The van der Waals surface area contributed by atoms with Crippen LogP contribution in [0.5, 0.6) is 0 Å². The number of amidine groups is 1. The summed E-state index contributed by atoms with van der Waals surface area (Å²) in [4.78, 5) is 31.3. The van der Waals surface area contributed by atoms with E-state index in [1.807, 2.05) is 30.3 Å². The first-order chi connectivity index (χ1) is 16.5. The minimum atomic E-state index is -0.415. The molecule has 2 amide bonds. The van der Waals surface area contributed by atoms with E-state index in [9.17, 15) is 18.4 Å². The lowest BCUT2D eigenvalue weighted by molar-refractivity contribution is -0.118. The molecule has 8 heteroatoms. The normalized spacial score (nSPS) is 14.4. The molecule has 1 N–H and O–H groups in total. The molecule has 0 saturated carbocycles. The van der Waals surface area contributed by atoms with Crippen LogP contribution in [0.25, 0.3) is 6.08 Å². The molecule has 0 unspecified atom stereocenters. The Labute approximate surface area is 200 Å². The third-order valence-corrected chi connectivity index (χ3v) is 5.94. The topological polar surface area (TPSA) is 61.8 Å². The van der Waals surface area contributed by atoms with Crippen molar-refractivity contribution in [3.63, 3.8) is 0 Å². The quantitative estimate of drug-likeness (QED) is 0.498. The molecule has 0 fully saturated rings. The summed E-state index contributed by atoms with van der Waals surface area (Å²) >= 11 is 1.12. The summed E-state index contributed by atoms with van der Waals surface area (Å²) in [5.41, 5.74) is 2.43. The average molecular weight is 478 g/mol. The Morgan fingerprint density at radius 3 is 2.26 bits per heavy atom. The number of aliphatic imine (C=N–C) groups is 1. The van der Waals surface area contributed by atoms with Crippen LogP contribution in [0, 0.1) is 11.6 Å². The number of hydrogen-bond donors (Lipinski definition) is 1. The second kappa shape index (κ2) is 10.9. The van der Waals surface area contributed by atoms with E-state index in [1.54, 1.807) is 18.2 Å². The Hall–Kier alpha value is -3.78. The highest BCUT2D eigenvalue weighted by molar-refractivity contribution is 8.14. The fraction of sp³-hybridized carbons (Fsp3) is 0.115. The zero-order valence-corrected chi connectivity index (χ0v) is 18.9. The molecule has 5 nitrogen and oxygen atoms in total. The van der Waals surface area contributed by atoms with Crippen LogP contribution < -0.4 is 10.2 Å². The second-order valence-electron chi connectivity index (χ2n) is 7.47. The number of amides is 2. The third kappa shape index (κ3) is 5.96. The maximum atomic E-state index is 13.4. The summed E-state index contributed by atoms with van der Waals surface area (Å²) in [7, 11) is 0. The summed E-state index contributed by atoms with van der Waals surface area (Å²) in [6, 6.07) is 21.0. The maximum Gasteiger partial charge on any atom is 0.283 e. The van der Waals surface area contributed by atoms with Crippen molar-refractivity contribution in [3.8, 4) is 0 Å². The van der Waals surface area contributed by atoms with E-state index in [-0.39, 0.29) is 29.1 Å². The molecule has 0 aliphatic carbocycles. The monoisotopic (exact) mass is 477 g/mol. The molecule has 3 aromatic carbocycles. The molecular formula is C26H21F2N3O2S. The molecule has 34 heavy (non-hydrogen) atoms. The summed E-state index contributed by atoms with van der Waals surface area (Å²) in [5.74, 6) is -1.24. The molecule has 1 aliphatic heterocycles. The van der Waals surface area contributed by atoms with Crippen molar-refractivity contribution in [2.45, 2.75) is 6.42 Å². The fourth-order valence-electron chi connectivity index (χ4n) is 3.30. The highest BCUT2D eigenvalue weighted by Crippen LogP contribution is 2.29. The van der Waals surface area contributed by atoms with Gasteiger partial charge in [-0.05, 0) is 60.0 Å². The largest absolute Gasteiger partial charge is 0.355 e. The van der Waals surface area contributed by atoms with Crippen molar-refractivity contribution in [3.05, 3.63) is 107 Å². The van der Waals surface area contributed by atoms with Gasteiger partial charge in [-0.3, -0.25) is 14.5 Å². The zero-order chi connectivity index (χ0) is 23.9. The molecule has 0 bridgehead atoms. The predicted octanol–water partition coefficient (Wildman–Crippen LogP) is 4.80. The van der Waals surface area contributed by atoms with Crippen LogP contribution in [0.1, 0.15) is 11.1 Å². The highest BCUT2D eigenvalue weighted by atomic mass is 32.2. The van der Waals surface area contributed by atoms with Gasteiger partial charge in [-0.1, -0.05) is 54.2 Å². The van der Waals surface area contributed by atoms with E-state index >= 15 is 0 Å². The second-order valence-corrected chi connectivity index (χ2v) is 8.41. The van der Waals surface area contributed by atoms with Crippen LogP contribution in [0.3, 0.4) is 0 Å². The van der Waals surface area contributed by atoms with Gasteiger partial charge in [0.05, 0.1) is 11.4 Å². The molecule has 0 spiro atoms. The summed E-state index contributed by atoms with van der Waals surface area (Å²) in [6.45, 7) is 0.400. The Bertz CT molecular complexity index is 1230. The van der Waals surface area contributed by atoms with Gasteiger partial charge in [-0.15, -0.1) is 0 Å². The summed E-state index contributed by atoms with van der Waals surface area (Å²) in [6.07, 6.45) is 2.25. The lowest BCUT2D eigenvalue weighted by Crippen LogP contribution is -2.32. The number of nitrogens with one attached hydrogen (secondary N) is 1. The average Bonchev–Trinajstić information content (AvgIpc) is 3.15. The highest BCUT2D eigenvalue weighted by Gasteiger charge is 2.32. The molecule has 4 rings (SSSR count). The van der Waals surface area contributed by atoms with Gasteiger partial charge >= 0.3 is 0 Å². The van der Waals surface area contributed by atoms with Crippen molar-refractivity contribution in [2.75, 3.05) is 17.2 Å². The van der Waals surface area contributed by atoms with Crippen LogP contribution in [0.4, 0.5) is 14.5 Å². The molecular weight excluding hydrogens is 456 g/mol. The molecule has 0 radical (unpaired) electrons. The number of anilines is 1. The van der Waals surface area contributed by atoms with Crippen molar-refractivity contribution in [1.82, 2.24) is 5.32 Å². The molecule has 1 aliphatic rings. The van der Waals surface area contributed by atoms with E-state index in [4.69, 9.17) is 0 Å². The predicted molar refractivity (Wildman–Crippen MR) is 131 cm³/mol. The van der Waals surface area contributed by atoms with E-state index < -0.39 is 5.82 Å². The number of rotatable bonds is 7. The molecule has 1 heterocycles. The van der Waals surface area contributed by atoms with Crippen LogP contribution in [0.15, 0.2) is 89.6 Å². The van der Waals surface area contributed by atoms with Crippen LogP contribution in [0.2, 0.25) is 0 Å². The number of carbonyl (C=O) groups is 2. The fourth-order valence-corrected chi connectivity index (χ4v) is 4.14. The van der Waals surface area contributed by atoms with Gasteiger partial charge in [-0.2, -0.15) is 0 Å². The van der Waals surface area contributed by atoms with Gasteiger partial charge in [-0.25, -0.2) is 13.8 Å². The van der Waals surface area contributed by atoms with E-state index in [2.05, 4.69) is 10.3 Å². The number of halogens is 2. The molecule has 0 aromatic heterocycles. The van der Waals surface area contributed by atoms with Crippen molar-refractivity contribution in [2.24, 2.45) is 4.99 Å². The Morgan fingerprint density at radius 1 is 0.941 bits per heavy atom. The van der Waals surface area contributed by atoms with Crippen molar-refractivity contribution >= 4 is 40.5 Å². The first-order valence-corrected chi connectivity index (χ1v) is 11.6. The smallest absolute Gasteiger partial charge is 0.283 e. The Kier molecular flexibility index (Phi) is 7.49. The Balaban J connectivity index is 1.44. The standard InChI is InChI=1S/C26H21F2N3O2S/c27-20-8-6-18(7-9-20)14-15-29-24(32)17-34-26-30-23(16-19-4-2-1-3-5-19)25(33)31(26)22-12-10-21(28)11-13-22/h1-13,16H,14-15,17H2,(H,29,32)/b23-16-. The van der Waals surface area contributed by atoms with E-state index in [1.165, 1.54) is 41.3 Å². The Morgan fingerprint density at radius 2 is 1.59 bits per heavy atom. The SMILES string of the molecule is O=C(CSC1=N/C(=C\c2ccccc2)C(=O)N1c1ccc(F)cc1)NCCc1ccc(F)cc1. The van der Waals surface area contributed by atoms with Crippen LogP contribution >= 0.6 is 11.8 Å². The summed E-state index contributed by atoms with van der Waals surface area (Å²) < 4.78 is 26.4. The number of benzene rings is 3. The zero-order valence-electron chi connectivity index (χ0n) is 18.1. The van der Waals surface area contributed by atoms with Gasteiger partial charge < -0.3 is 5.32 Å². The minimum absolute atomic E-state index is 0.0475. The molecule has 0 saturated heterocycles. The third-order valence-electron chi connectivity index (χ3n) is 5.00. The number of thioether (sulfide) groups is 1. The lowest BCUT2D eigenvalue weighted by atomic mass is 10.1. The number of hydrogen-bond acceptors (Lipinski definition) is 4. The number of nitrogens with zero attached hydrogens (tertiary/aromatic N) is 2. The maximum absolute atomic E-state index is 13.4. The first kappa shape index (κ1) is 23.4. The lowest BCUT2D eigenvalue weighted by Gasteiger charge is -2.17. The molecule has 172 valence electrons. The van der Waals surface area contributed by atoms with Crippen molar-refractivity contribution < 1.29 is 18.4 Å². The van der Waals surface area contributed by atoms with Crippen molar-refractivity contribution in [1.29, 1.82) is 0 Å². The number of carbonyl (C=O) groups excluding carboxylic acids is 2. The van der Waals surface area contributed by atoms with Crippen LogP contribution in [-0.4, -0.2) is 29.3 Å². The van der Waals surface area contributed by atoms with E-state index in [0.717, 1.165) is 22.9 Å². The van der Waals surface area contributed by atoms with Gasteiger partial charge in [0.25, 0.3) is 5.91 Å². The molecule has 3 aromatic rings. The summed E-state index contributed by atoms with van der Waals surface area (Å²) in [5, 5.41) is 3.16. The van der Waals surface area contributed by atoms with Gasteiger partial charge in [0.2, 0.25) is 5.91 Å². The van der Waals surface area contributed by atoms with Gasteiger partial charge in [0.1, 0.15) is 17.3 Å². The van der Waals surface area contributed by atoms with E-state index in [0.29, 0.717) is 23.8 Å². The van der Waals surface area contributed by atoms with Gasteiger partial charge in [0, 0.05) is 6.54 Å². The van der Waals surface area contributed by atoms with Crippen LogP contribution in [-0.2, 0) is 16.0 Å². The molecule has 0 atom stereocenters.